The first kappa shape index (κ1) is 115. The lowest BCUT2D eigenvalue weighted by Gasteiger charge is -2.25. The lowest BCUT2D eigenvalue weighted by atomic mass is 9.88. The fraction of sp³-hybridized carbons (Fsp3) is 0.557. The van der Waals surface area contributed by atoms with Gasteiger partial charge in [0.2, 0.25) is 15.9 Å². The van der Waals surface area contributed by atoms with Crippen molar-refractivity contribution in [1.82, 2.24) is 31.3 Å². The number of benzene rings is 8. The van der Waals surface area contributed by atoms with Crippen LogP contribution in [0.25, 0.3) is 0 Å². The molecule has 8 aromatic rings. The van der Waals surface area contributed by atoms with Gasteiger partial charge < -0.3 is 36.6 Å². The number of sulfonamides is 1. The van der Waals surface area contributed by atoms with Crippen LogP contribution in [0.2, 0.25) is 0 Å². The third-order valence-electron chi connectivity index (χ3n) is 17.2. The van der Waals surface area contributed by atoms with Crippen molar-refractivity contribution in [1.29, 1.82) is 0 Å². The molecule has 0 unspecified atom stereocenters. The number of para-hydroxylation sites is 2. The van der Waals surface area contributed by atoms with Crippen LogP contribution in [0.3, 0.4) is 0 Å². The van der Waals surface area contributed by atoms with Gasteiger partial charge in [-0.05, 0) is 192 Å². The smallest absolute Gasteiger partial charge is 0.224 e. The zero-order valence-corrected chi connectivity index (χ0v) is 87.3. The average molecular weight is 1760 g/mol. The van der Waals surface area contributed by atoms with Crippen molar-refractivity contribution < 1.29 is 17.9 Å². The summed E-state index contributed by atoms with van der Waals surface area (Å²) < 4.78 is 30.2. The minimum Gasteiger partial charge on any atom is -0.492 e. The highest BCUT2D eigenvalue weighted by Crippen LogP contribution is 2.50. The Morgan fingerprint density at radius 3 is 1.09 bits per heavy atom. The quantitative estimate of drug-likeness (QED) is 0.0789. The molecule has 0 bridgehead atoms. The molecule has 1 spiro atoms. The van der Waals surface area contributed by atoms with Gasteiger partial charge in [0.15, 0.2) is 0 Å². The number of allylic oxidation sites excluding steroid dienone is 1. The largest absolute Gasteiger partial charge is 0.492 e. The fourth-order valence-electron chi connectivity index (χ4n) is 12.1. The fourth-order valence-corrected chi connectivity index (χ4v) is 13.3. The number of amides is 1. The number of ether oxygens (including phenoxy) is 1. The van der Waals surface area contributed by atoms with Crippen LogP contribution in [0.5, 0.6) is 5.75 Å². The number of hydrogen-bond donors (Lipinski definition) is 7. The van der Waals surface area contributed by atoms with Crippen molar-refractivity contribution >= 4 is 21.6 Å². The number of aryl methyl sites for hydroxylation is 4. The number of nitrogens with one attached hydrogen (secondary N) is 7. The summed E-state index contributed by atoms with van der Waals surface area (Å²) in [6.07, 6.45) is 13.1. The standard InChI is InChI=1S/C11H13N.C10H11N.C10H13N.C10H12.C9H11NO.C9H9NO.C8H9NO2S.C8H9N.8C5H12/c1-2-4-10-9(3-1)7-12-8-11(10)5-6-11;1-8-6-9-4-2-3-5-10(9)7-11-8;1-2-5-10-8-11-7-3-6-9(10)4-1;1-2-6-10-8-4-3-7-9(10)5-1;1-2-4-9-8(3-1)7-10-5-6-11-9;11-9-6-5-7-3-1-2-4-8(7)10-9;10-12(11)6-8-4-2-1-3-7(8)5-9-12;1-2-4-8-6-9-5-7(8)3-1;8*1-5(2,3)4/h1-4,12H,5-8H2;2-5,11H,1,6-7H2;1-2,4-5,11H,3,6-8H2;1-2,5-6H,3-4,7-8H2;1-4,10H,5-7H2;1-4H,5-6H2,(H,10,11);1-4,9H,5-6H2;1-4,9H,5-6H2;8*1-4H3. The first-order chi connectivity index (χ1) is 58.7. The van der Waals surface area contributed by atoms with Crippen molar-refractivity contribution in [3.05, 3.63) is 284 Å². The van der Waals surface area contributed by atoms with E-state index in [0.29, 0.717) is 61.7 Å². The van der Waals surface area contributed by atoms with Crippen molar-refractivity contribution in [2.75, 3.05) is 31.6 Å². The van der Waals surface area contributed by atoms with Gasteiger partial charge in [-0.2, -0.15) is 0 Å². The summed E-state index contributed by atoms with van der Waals surface area (Å²) in [6, 6.07) is 67.0. The van der Waals surface area contributed by atoms with Gasteiger partial charge in [-0.15, -0.1) is 0 Å². The van der Waals surface area contributed by atoms with Gasteiger partial charge in [0.05, 0.1) is 5.75 Å². The number of anilines is 1. The molecule has 17 rings (SSSR count). The highest BCUT2D eigenvalue weighted by molar-refractivity contribution is 7.88. The molecule has 11 nitrogen and oxygen atoms in total. The molecule has 0 radical (unpaired) electrons. The lowest BCUT2D eigenvalue weighted by molar-refractivity contribution is -0.116. The average Bonchev–Trinajstić information content (AvgIpc) is 1.60. The molecule has 8 aromatic carbocycles. The van der Waals surface area contributed by atoms with E-state index in [1.54, 1.807) is 16.7 Å². The Morgan fingerprint density at radius 1 is 0.315 bits per heavy atom. The Morgan fingerprint density at radius 2 is 0.638 bits per heavy atom. The monoisotopic (exact) mass is 1760 g/mol. The van der Waals surface area contributed by atoms with E-state index in [9.17, 15) is 13.2 Å². The topological polar surface area (TPSA) is 145 Å². The van der Waals surface area contributed by atoms with Crippen LogP contribution in [-0.2, 0) is 104 Å². The normalized spacial score (nSPS) is 15.9. The molecule has 2 aliphatic carbocycles. The summed E-state index contributed by atoms with van der Waals surface area (Å²) in [7, 11) is -3.05. The molecule has 708 valence electrons. The molecule has 1 saturated carbocycles. The van der Waals surface area contributed by atoms with Crippen LogP contribution in [0.4, 0.5) is 5.69 Å². The van der Waals surface area contributed by atoms with Gasteiger partial charge in [0.25, 0.3) is 0 Å². The van der Waals surface area contributed by atoms with Crippen molar-refractivity contribution in [2.24, 2.45) is 43.3 Å². The molecule has 0 saturated heterocycles. The molecule has 9 aliphatic rings. The van der Waals surface area contributed by atoms with Crippen LogP contribution in [0.15, 0.2) is 206 Å². The predicted molar refractivity (Wildman–Crippen MR) is 556 cm³/mol. The molecule has 0 atom stereocenters. The number of carbonyl (C=O) groups is 1. The predicted octanol–water partition coefficient (Wildman–Crippen LogP) is 29.0. The van der Waals surface area contributed by atoms with E-state index in [-0.39, 0.29) is 11.7 Å². The van der Waals surface area contributed by atoms with Crippen LogP contribution in [0.1, 0.15) is 338 Å². The third-order valence-corrected chi connectivity index (χ3v) is 18.5. The van der Waals surface area contributed by atoms with Crippen LogP contribution < -0.4 is 41.4 Å². The number of rotatable bonds is 0. The van der Waals surface area contributed by atoms with Gasteiger partial charge in [-0.1, -0.05) is 410 Å². The van der Waals surface area contributed by atoms with Crippen LogP contribution in [-0.4, -0.2) is 40.6 Å². The van der Waals surface area contributed by atoms with Crippen molar-refractivity contribution in [3.63, 3.8) is 0 Å². The SMILES string of the molecule is C=C1Cc2ccccc2CN1.CC(C)(C)C.CC(C)(C)C.CC(C)(C)C.CC(C)(C)C.CC(C)(C)C.CC(C)(C)C.CC(C)(C)C.CC(C)(C)C.O=C1CCc2ccccc2N1.O=S1(=O)Cc2ccccc2CN1.c1ccc2c(c1)CCCC2.c1ccc2c(c1)CCCNC2.c1ccc2c(c1)CNC2.c1ccc2c(c1)CNCC21CC1.c1ccc2c(c1)CNCCO2. The van der Waals surface area contributed by atoms with E-state index in [1.807, 2.05) is 60.7 Å². The minimum absolute atomic E-state index is 0.114. The maximum atomic E-state index is 11.1. The molecule has 7 heterocycles. The van der Waals surface area contributed by atoms with Crippen molar-refractivity contribution in [2.45, 2.75) is 349 Å². The lowest BCUT2D eigenvalue weighted by Crippen LogP contribution is -2.33. The van der Waals surface area contributed by atoms with Gasteiger partial charge in [-0.25, -0.2) is 13.1 Å². The van der Waals surface area contributed by atoms with Gasteiger partial charge in [0.1, 0.15) is 12.4 Å². The van der Waals surface area contributed by atoms with Crippen LogP contribution in [0, 0.1) is 43.3 Å². The highest BCUT2D eigenvalue weighted by atomic mass is 32.2. The molecular formula is C115H183N7O4S. The Balaban J connectivity index is 0.000000465. The third kappa shape index (κ3) is 65.5. The van der Waals surface area contributed by atoms with Crippen LogP contribution >= 0.6 is 0 Å². The summed E-state index contributed by atoms with van der Waals surface area (Å²) in [5.74, 6) is 1.27. The summed E-state index contributed by atoms with van der Waals surface area (Å²) in [4.78, 5) is 10.9. The van der Waals surface area contributed by atoms with E-state index < -0.39 is 10.0 Å². The molecule has 1 fully saturated rings. The van der Waals surface area contributed by atoms with Gasteiger partial charge in [-0.3, -0.25) is 4.79 Å². The van der Waals surface area contributed by atoms with Crippen molar-refractivity contribution in [3.8, 4) is 5.75 Å². The second-order valence-electron chi connectivity index (χ2n) is 47.5. The minimum atomic E-state index is -3.05. The second-order valence-corrected chi connectivity index (χ2v) is 49.3. The molecule has 127 heavy (non-hydrogen) atoms. The van der Waals surface area contributed by atoms with E-state index in [1.165, 1.54) is 108 Å². The first-order valence-electron chi connectivity index (χ1n) is 47.4. The molecule has 7 aliphatic heterocycles. The Kier molecular flexibility index (Phi) is 51.6. The maximum absolute atomic E-state index is 11.1. The number of carbonyl (C=O) groups excluding carboxylic acids is 1. The van der Waals surface area contributed by atoms with E-state index in [2.05, 4.69) is 398 Å². The summed E-state index contributed by atoms with van der Waals surface area (Å²) in [5.41, 5.74) is 26.2. The maximum Gasteiger partial charge on any atom is 0.224 e. The zero-order valence-electron chi connectivity index (χ0n) is 86.5. The Labute approximate surface area is 780 Å². The molecule has 7 N–H and O–H groups in total. The second kappa shape index (κ2) is 56.8. The summed E-state index contributed by atoms with van der Waals surface area (Å²) in [6.45, 7) is 84.5. The first-order valence-corrected chi connectivity index (χ1v) is 49.0. The molecule has 0 aromatic heterocycles. The number of hydrogen-bond acceptors (Lipinski definition) is 9. The van der Waals surface area contributed by atoms with E-state index in [0.717, 1.165) is 100 Å². The molecule has 1 amide bonds. The molecular weight excluding hydrogens is 1580 g/mol. The Hall–Kier alpha value is -7.68. The highest BCUT2D eigenvalue weighted by Gasteiger charge is 2.46. The van der Waals surface area contributed by atoms with E-state index in [4.69, 9.17) is 4.74 Å². The number of fused-ring (bicyclic) bond motifs is 9. The van der Waals surface area contributed by atoms with Gasteiger partial charge in [0, 0.05) is 94.1 Å². The zero-order chi connectivity index (χ0) is 95.9. The molecule has 12 heteroatoms. The summed E-state index contributed by atoms with van der Waals surface area (Å²) in [5, 5.41) is 19.5. The van der Waals surface area contributed by atoms with E-state index >= 15 is 0 Å². The Bertz CT molecular complexity index is 4090. The van der Waals surface area contributed by atoms with Gasteiger partial charge >= 0.3 is 0 Å². The summed E-state index contributed by atoms with van der Waals surface area (Å²) >= 11 is 0.